The van der Waals surface area contributed by atoms with Crippen LogP contribution in [0.15, 0.2) is 18.2 Å². The fourth-order valence-electron chi connectivity index (χ4n) is 2.16. The van der Waals surface area contributed by atoms with E-state index in [1.807, 2.05) is 6.07 Å². The highest BCUT2D eigenvalue weighted by Crippen LogP contribution is 2.33. The highest BCUT2D eigenvalue weighted by atomic mass is 16.3. The Labute approximate surface area is 94.5 Å². The quantitative estimate of drug-likeness (QED) is 0.706. The number of aryl methyl sites for hydroxylation is 1. The Hall–Kier alpha value is -1.55. The Kier molecular flexibility index (Phi) is 2.83. The molecule has 4 heteroatoms. The van der Waals surface area contributed by atoms with Gasteiger partial charge >= 0.3 is 0 Å². The Morgan fingerprint density at radius 1 is 1.62 bits per heavy atom. The summed E-state index contributed by atoms with van der Waals surface area (Å²) in [6.07, 6.45) is 1.86. The maximum atomic E-state index is 11.0. The third-order valence-corrected chi connectivity index (χ3v) is 3.08. The molecule has 0 aliphatic heterocycles. The zero-order valence-corrected chi connectivity index (χ0v) is 9.23. The maximum Gasteiger partial charge on any atom is 0.234 e. The second-order valence-electron chi connectivity index (χ2n) is 4.27. The first-order chi connectivity index (χ1) is 7.58. The second-order valence-corrected chi connectivity index (χ2v) is 4.27. The molecule has 0 radical (unpaired) electrons. The predicted octanol–water partition coefficient (Wildman–Crippen LogP) is 0.843. The van der Waals surface area contributed by atoms with Crippen LogP contribution in [0.2, 0.25) is 0 Å². The second kappa shape index (κ2) is 4.14. The van der Waals surface area contributed by atoms with Crippen LogP contribution in [0.1, 0.15) is 30.5 Å². The highest BCUT2D eigenvalue weighted by Gasteiger charge is 2.24. The fourth-order valence-corrected chi connectivity index (χ4v) is 2.16. The molecule has 0 heterocycles. The van der Waals surface area contributed by atoms with Gasteiger partial charge in [0.2, 0.25) is 5.91 Å². The Morgan fingerprint density at radius 3 is 3.06 bits per heavy atom. The number of phenolic OH excluding ortho intramolecular Hbond substituents is 1. The molecule has 0 saturated carbocycles. The van der Waals surface area contributed by atoms with Crippen LogP contribution in [0.5, 0.6) is 5.75 Å². The third-order valence-electron chi connectivity index (χ3n) is 3.08. The number of aromatic hydroxyl groups is 1. The van der Waals surface area contributed by atoms with Gasteiger partial charge in [0, 0.05) is 6.04 Å². The SMILES string of the molecule is CC(NC1CCc2cc(O)ccc21)C(N)=O. The van der Waals surface area contributed by atoms with Crippen LogP contribution in [0.3, 0.4) is 0 Å². The summed E-state index contributed by atoms with van der Waals surface area (Å²) in [6, 6.07) is 5.20. The predicted molar refractivity (Wildman–Crippen MR) is 61.0 cm³/mol. The molecule has 86 valence electrons. The summed E-state index contributed by atoms with van der Waals surface area (Å²) in [4.78, 5) is 11.0. The van der Waals surface area contributed by atoms with Crippen LogP contribution in [0.25, 0.3) is 0 Å². The van der Waals surface area contributed by atoms with Crippen molar-refractivity contribution in [3.05, 3.63) is 29.3 Å². The van der Waals surface area contributed by atoms with E-state index in [-0.39, 0.29) is 18.0 Å². The summed E-state index contributed by atoms with van der Waals surface area (Å²) in [5.41, 5.74) is 7.52. The zero-order chi connectivity index (χ0) is 11.7. The van der Waals surface area contributed by atoms with Crippen LogP contribution in [-0.2, 0) is 11.2 Å². The lowest BCUT2D eigenvalue weighted by atomic mass is 10.1. The first-order valence-corrected chi connectivity index (χ1v) is 5.45. The lowest BCUT2D eigenvalue weighted by Gasteiger charge is -2.17. The van der Waals surface area contributed by atoms with Gasteiger partial charge in [-0.15, -0.1) is 0 Å². The van der Waals surface area contributed by atoms with Crippen molar-refractivity contribution >= 4 is 5.91 Å². The minimum absolute atomic E-state index is 0.165. The number of nitrogens with two attached hydrogens (primary N) is 1. The number of fused-ring (bicyclic) bond motifs is 1. The number of phenols is 1. The molecule has 2 unspecified atom stereocenters. The maximum absolute atomic E-state index is 11.0. The number of hydrogen-bond donors (Lipinski definition) is 3. The fraction of sp³-hybridized carbons (Fsp3) is 0.417. The van der Waals surface area contributed by atoms with E-state index in [9.17, 15) is 9.90 Å². The monoisotopic (exact) mass is 220 g/mol. The molecule has 0 spiro atoms. The minimum atomic E-state index is -0.341. The number of nitrogens with one attached hydrogen (secondary N) is 1. The molecule has 16 heavy (non-hydrogen) atoms. The molecule has 2 atom stereocenters. The topological polar surface area (TPSA) is 75.3 Å². The van der Waals surface area contributed by atoms with Crippen LogP contribution in [0.4, 0.5) is 0 Å². The average Bonchev–Trinajstić information content (AvgIpc) is 2.60. The molecule has 0 aromatic heterocycles. The number of hydrogen-bond acceptors (Lipinski definition) is 3. The largest absolute Gasteiger partial charge is 0.508 e. The van der Waals surface area contributed by atoms with Crippen molar-refractivity contribution in [2.24, 2.45) is 5.73 Å². The Balaban J connectivity index is 2.15. The van der Waals surface area contributed by atoms with Gasteiger partial charge in [0.25, 0.3) is 0 Å². The highest BCUT2D eigenvalue weighted by molar-refractivity contribution is 5.79. The summed E-state index contributed by atoms with van der Waals surface area (Å²) in [7, 11) is 0. The Bertz CT molecular complexity index is 417. The van der Waals surface area contributed by atoms with Gasteiger partial charge in [-0.25, -0.2) is 0 Å². The molecular formula is C12H16N2O2. The van der Waals surface area contributed by atoms with Crippen LogP contribution in [0, 0.1) is 0 Å². The van der Waals surface area contributed by atoms with Crippen molar-refractivity contribution in [3.8, 4) is 5.75 Å². The zero-order valence-electron chi connectivity index (χ0n) is 9.23. The first kappa shape index (κ1) is 11.0. The molecular weight excluding hydrogens is 204 g/mol. The standard InChI is InChI=1S/C12H16N2O2/c1-7(12(13)16)14-11-5-2-8-6-9(15)3-4-10(8)11/h3-4,6-7,11,14-15H,2,5H2,1H3,(H2,13,16). The van der Waals surface area contributed by atoms with Crippen molar-refractivity contribution in [1.82, 2.24) is 5.32 Å². The van der Waals surface area contributed by atoms with Crippen molar-refractivity contribution in [2.45, 2.75) is 31.8 Å². The van der Waals surface area contributed by atoms with E-state index < -0.39 is 0 Å². The number of primary amides is 1. The van der Waals surface area contributed by atoms with E-state index in [2.05, 4.69) is 5.32 Å². The van der Waals surface area contributed by atoms with E-state index in [0.29, 0.717) is 5.75 Å². The lowest BCUT2D eigenvalue weighted by molar-refractivity contribution is -0.119. The summed E-state index contributed by atoms with van der Waals surface area (Å²) in [6.45, 7) is 1.76. The van der Waals surface area contributed by atoms with Crippen LogP contribution in [-0.4, -0.2) is 17.1 Å². The van der Waals surface area contributed by atoms with Crippen molar-refractivity contribution in [3.63, 3.8) is 0 Å². The molecule has 1 amide bonds. The van der Waals surface area contributed by atoms with Crippen molar-refractivity contribution < 1.29 is 9.90 Å². The van der Waals surface area contributed by atoms with E-state index in [4.69, 9.17) is 5.73 Å². The molecule has 0 saturated heterocycles. The first-order valence-electron chi connectivity index (χ1n) is 5.45. The third kappa shape index (κ3) is 2.02. The number of benzene rings is 1. The van der Waals surface area contributed by atoms with E-state index in [1.54, 1.807) is 19.1 Å². The molecule has 1 aromatic rings. The van der Waals surface area contributed by atoms with Gasteiger partial charge in [-0.2, -0.15) is 0 Å². The van der Waals surface area contributed by atoms with Gasteiger partial charge in [-0.3, -0.25) is 10.1 Å². The minimum Gasteiger partial charge on any atom is -0.508 e. The Morgan fingerprint density at radius 2 is 2.38 bits per heavy atom. The van der Waals surface area contributed by atoms with Gasteiger partial charge in [-0.05, 0) is 43.0 Å². The van der Waals surface area contributed by atoms with Gasteiger partial charge in [0.05, 0.1) is 6.04 Å². The smallest absolute Gasteiger partial charge is 0.234 e. The summed E-state index contributed by atoms with van der Waals surface area (Å²) in [5, 5.41) is 12.6. The van der Waals surface area contributed by atoms with E-state index in [0.717, 1.165) is 24.0 Å². The van der Waals surface area contributed by atoms with E-state index in [1.165, 1.54) is 0 Å². The van der Waals surface area contributed by atoms with Gasteiger partial charge in [0.1, 0.15) is 5.75 Å². The average molecular weight is 220 g/mol. The number of rotatable bonds is 3. The number of amides is 1. The van der Waals surface area contributed by atoms with Crippen molar-refractivity contribution in [1.29, 1.82) is 0 Å². The van der Waals surface area contributed by atoms with Gasteiger partial charge < -0.3 is 10.8 Å². The molecule has 4 N–H and O–H groups in total. The molecule has 0 fully saturated rings. The summed E-state index contributed by atoms with van der Waals surface area (Å²) < 4.78 is 0. The molecule has 0 bridgehead atoms. The number of carbonyl (C=O) groups is 1. The lowest BCUT2D eigenvalue weighted by Crippen LogP contribution is -2.40. The van der Waals surface area contributed by atoms with E-state index >= 15 is 0 Å². The molecule has 1 aliphatic rings. The van der Waals surface area contributed by atoms with Crippen LogP contribution >= 0.6 is 0 Å². The number of carbonyl (C=O) groups excluding carboxylic acids is 1. The van der Waals surface area contributed by atoms with Gasteiger partial charge in [0.15, 0.2) is 0 Å². The molecule has 1 aliphatic carbocycles. The van der Waals surface area contributed by atoms with Crippen molar-refractivity contribution in [2.75, 3.05) is 0 Å². The normalized spacial score (nSPS) is 20.4. The molecule has 4 nitrogen and oxygen atoms in total. The molecule has 1 aromatic carbocycles. The summed E-state index contributed by atoms with van der Waals surface area (Å²) in [5.74, 6) is -0.0467. The van der Waals surface area contributed by atoms with Gasteiger partial charge in [-0.1, -0.05) is 6.07 Å². The van der Waals surface area contributed by atoms with Crippen LogP contribution < -0.4 is 11.1 Å². The molecule has 2 rings (SSSR count). The summed E-state index contributed by atoms with van der Waals surface area (Å²) >= 11 is 0.